The molecule has 3 rings (SSSR count). The Labute approximate surface area is 172 Å². The first kappa shape index (κ1) is 24.2. The van der Waals surface area contributed by atoms with Crippen molar-refractivity contribution < 1.29 is 41.8 Å². The average Bonchev–Trinajstić information content (AvgIpc) is 3.31. The molecular formula is C19H27F3N2O6. The maximum atomic E-state index is 12.8. The van der Waals surface area contributed by atoms with Gasteiger partial charge in [-0.3, -0.25) is 9.69 Å². The van der Waals surface area contributed by atoms with Gasteiger partial charge in [0.15, 0.2) is 5.76 Å². The summed E-state index contributed by atoms with van der Waals surface area (Å²) in [7, 11) is 3.49. The molecule has 30 heavy (non-hydrogen) atoms. The van der Waals surface area contributed by atoms with Gasteiger partial charge in [0.25, 0.3) is 5.91 Å². The fraction of sp³-hybridized carbons (Fsp3) is 0.684. The van der Waals surface area contributed by atoms with Crippen LogP contribution in [-0.4, -0.2) is 92.1 Å². The number of amides is 1. The number of hydrogen-bond acceptors (Lipinski definition) is 6. The lowest BCUT2D eigenvalue weighted by molar-refractivity contribution is -0.192. The van der Waals surface area contributed by atoms with Crippen LogP contribution < -0.4 is 0 Å². The molecule has 0 aliphatic carbocycles. The molecule has 0 unspecified atom stereocenters. The molecule has 2 aliphatic rings. The van der Waals surface area contributed by atoms with Gasteiger partial charge < -0.3 is 23.9 Å². The van der Waals surface area contributed by atoms with Gasteiger partial charge in [0.05, 0.1) is 18.8 Å². The number of carboxylic acid groups (broad SMARTS) is 1. The maximum Gasteiger partial charge on any atom is 0.490 e. The maximum absolute atomic E-state index is 12.8. The number of piperidine rings is 1. The van der Waals surface area contributed by atoms with Gasteiger partial charge in [-0.2, -0.15) is 13.2 Å². The third-order valence-corrected chi connectivity index (χ3v) is 5.31. The molecule has 2 aliphatic heterocycles. The van der Waals surface area contributed by atoms with Crippen LogP contribution in [0.15, 0.2) is 16.5 Å². The molecule has 0 bridgehead atoms. The molecule has 2 fully saturated rings. The Morgan fingerprint density at radius 1 is 1.27 bits per heavy atom. The quantitative estimate of drug-likeness (QED) is 0.755. The summed E-state index contributed by atoms with van der Waals surface area (Å²) in [6, 6.07) is 3.79. The number of carbonyl (C=O) groups excluding carboxylic acids is 1. The summed E-state index contributed by atoms with van der Waals surface area (Å²) in [5.41, 5.74) is 0. The number of likely N-dealkylation sites (tertiary alicyclic amines) is 2. The van der Waals surface area contributed by atoms with Crippen molar-refractivity contribution in [1.82, 2.24) is 9.80 Å². The number of methoxy groups -OCH3 is 2. The van der Waals surface area contributed by atoms with E-state index in [1.54, 1.807) is 20.3 Å². The van der Waals surface area contributed by atoms with Crippen LogP contribution in [0.3, 0.4) is 0 Å². The summed E-state index contributed by atoms with van der Waals surface area (Å²) >= 11 is 0. The van der Waals surface area contributed by atoms with Gasteiger partial charge >= 0.3 is 12.1 Å². The minimum Gasteiger partial charge on any atom is -0.475 e. The average molecular weight is 436 g/mol. The SMILES string of the molecule is COCCN1C[C@@H]2[C@@H](OC)CCN(C(=O)c3ccc(C)o3)[C@@H]2C1.O=C(O)C(F)(F)F. The van der Waals surface area contributed by atoms with E-state index in [4.69, 9.17) is 23.8 Å². The van der Waals surface area contributed by atoms with Crippen molar-refractivity contribution in [3.05, 3.63) is 23.7 Å². The van der Waals surface area contributed by atoms with E-state index in [1.165, 1.54) is 0 Å². The standard InChI is InChI=1S/C17H26N2O4.C2HF3O2/c1-12-4-5-16(23-12)17(20)19-7-6-15(22-3)13-10-18(8-9-21-2)11-14(13)19;3-2(4,5)1(6)7/h4-5,13-15H,6-11H2,1-3H3;(H,6,7)/t13-,14+,15-;/m0./s1. The number of alkyl halides is 3. The van der Waals surface area contributed by atoms with Gasteiger partial charge in [-0.05, 0) is 25.5 Å². The summed E-state index contributed by atoms with van der Waals surface area (Å²) in [6.07, 6.45) is -3.99. The first-order chi connectivity index (χ1) is 14.1. The van der Waals surface area contributed by atoms with Gasteiger partial charge in [0.2, 0.25) is 0 Å². The molecule has 0 spiro atoms. The number of furan rings is 1. The van der Waals surface area contributed by atoms with E-state index in [1.807, 2.05) is 17.9 Å². The number of halogens is 3. The fourth-order valence-electron chi connectivity index (χ4n) is 3.87. The molecule has 3 heterocycles. The Morgan fingerprint density at radius 3 is 2.43 bits per heavy atom. The first-order valence-electron chi connectivity index (χ1n) is 9.50. The fourth-order valence-corrected chi connectivity index (χ4v) is 3.87. The molecular weight excluding hydrogens is 409 g/mol. The highest BCUT2D eigenvalue weighted by Gasteiger charge is 2.46. The third-order valence-electron chi connectivity index (χ3n) is 5.31. The molecule has 1 amide bonds. The Kier molecular flexibility index (Phi) is 8.27. The van der Waals surface area contributed by atoms with Crippen molar-refractivity contribution in [3.63, 3.8) is 0 Å². The highest BCUT2D eigenvalue weighted by molar-refractivity contribution is 5.92. The molecule has 0 radical (unpaired) electrons. The Hall–Kier alpha value is -2.11. The number of rotatable bonds is 5. The van der Waals surface area contributed by atoms with Crippen molar-refractivity contribution >= 4 is 11.9 Å². The molecule has 1 aromatic heterocycles. The number of carbonyl (C=O) groups is 2. The third kappa shape index (κ3) is 5.96. The van der Waals surface area contributed by atoms with Crippen LogP contribution in [-0.2, 0) is 14.3 Å². The van der Waals surface area contributed by atoms with E-state index in [0.717, 1.165) is 38.4 Å². The molecule has 1 aromatic rings. The summed E-state index contributed by atoms with van der Waals surface area (Å²) < 4.78 is 48.1. The van der Waals surface area contributed by atoms with Crippen LogP contribution >= 0.6 is 0 Å². The number of nitrogens with zero attached hydrogens (tertiary/aromatic N) is 2. The second-order valence-corrected chi connectivity index (χ2v) is 7.26. The van der Waals surface area contributed by atoms with Crippen LogP contribution in [0.2, 0.25) is 0 Å². The van der Waals surface area contributed by atoms with Gasteiger partial charge in [0.1, 0.15) is 5.76 Å². The largest absolute Gasteiger partial charge is 0.490 e. The topological polar surface area (TPSA) is 92.5 Å². The number of aryl methyl sites for hydroxylation is 1. The van der Waals surface area contributed by atoms with Crippen molar-refractivity contribution in [3.8, 4) is 0 Å². The van der Waals surface area contributed by atoms with Crippen molar-refractivity contribution in [2.45, 2.75) is 31.7 Å². The number of ether oxygens (including phenoxy) is 2. The molecule has 0 saturated carbocycles. The second-order valence-electron chi connectivity index (χ2n) is 7.26. The molecule has 8 nitrogen and oxygen atoms in total. The highest BCUT2D eigenvalue weighted by Crippen LogP contribution is 2.33. The van der Waals surface area contributed by atoms with E-state index in [0.29, 0.717) is 18.3 Å². The van der Waals surface area contributed by atoms with E-state index < -0.39 is 12.1 Å². The van der Waals surface area contributed by atoms with E-state index in [9.17, 15) is 18.0 Å². The Balaban J connectivity index is 0.000000396. The van der Waals surface area contributed by atoms with E-state index in [-0.39, 0.29) is 18.1 Å². The lowest BCUT2D eigenvalue weighted by Crippen LogP contribution is -2.53. The molecule has 3 atom stereocenters. The number of carboxylic acids is 1. The predicted octanol–water partition coefficient (Wildman–Crippen LogP) is 2.03. The first-order valence-corrected chi connectivity index (χ1v) is 9.50. The highest BCUT2D eigenvalue weighted by atomic mass is 19.4. The molecule has 11 heteroatoms. The van der Waals surface area contributed by atoms with Crippen LogP contribution in [0.25, 0.3) is 0 Å². The Morgan fingerprint density at radius 2 is 1.93 bits per heavy atom. The van der Waals surface area contributed by atoms with Crippen molar-refractivity contribution in [2.75, 3.05) is 47.0 Å². The smallest absolute Gasteiger partial charge is 0.475 e. The van der Waals surface area contributed by atoms with Crippen LogP contribution in [0.4, 0.5) is 13.2 Å². The monoisotopic (exact) mass is 436 g/mol. The molecule has 1 N–H and O–H groups in total. The second kappa shape index (κ2) is 10.3. The molecule has 2 saturated heterocycles. The van der Waals surface area contributed by atoms with Gasteiger partial charge in [-0.1, -0.05) is 0 Å². The number of fused-ring (bicyclic) bond motifs is 1. The minimum absolute atomic E-state index is 0.00348. The van der Waals surface area contributed by atoms with Gasteiger partial charge in [0, 0.05) is 46.3 Å². The molecule has 0 aromatic carbocycles. The summed E-state index contributed by atoms with van der Waals surface area (Å²) in [5.74, 6) is -1.20. The minimum atomic E-state index is -5.08. The summed E-state index contributed by atoms with van der Waals surface area (Å²) in [6.45, 7) is 6.01. The molecule has 170 valence electrons. The zero-order valence-electron chi connectivity index (χ0n) is 17.1. The van der Waals surface area contributed by atoms with Gasteiger partial charge in [-0.15, -0.1) is 0 Å². The lowest BCUT2D eigenvalue weighted by Gasteiger charge is -2.40. The zero-order valence-corrected chi connectivity index (χ0v) is 17.1. The zero-order chi connectivity index (χ0) is 22.5. The van der Waals surface area contributed by atoms with Crippen LogP contribution in [0.1, 0.15) is 22.7 Å². The summed E-state index contributed by atoms with van der Waals surface area (Å²) in [4.78, 5) is 26.1. The van der Waals surface area contributed by atoms with Gasteiger partial charge in [-0.25, -0.2) is 4.79 Å². The van der Waals surface area contributed by atoms with Crippen molar-refractivity contribution in [2.24, 2.45) is 5.92 Å². The predicted molar refractivity (Wildman–Crippen MR) is 99.2 cm³/mol. The van der Waals surface area contributed by atoms with Crippen LogP contribution in [0.5, 0.6) is 0 Å². The normalized spacial score (nSPS) is 24.2. The Bertz CT molecular complexity index is 723. The van der Waals surface area contributed by atoms with E-state index in [2.05, 4.69) is 4.90 Å². The van der Waals surface area contributed by atoms with E-state index >= 15 is 0 Å². The number of hydrogen-bond donors (Lipinski definition) is 1. The van der Waals surface area contributed by atoms with Crippen molar-refractivity contribution in [1.29, 1.82) is 0 Å². The number of aliphatic carboxylic acids is 1. The summed E-state index contributed by atoms with van der Waals surface area (Å²) in [5, 5.41) is 7.12. The van der Waals surface area contributed by atoms with Crippen LogP contribution in [0, 0.1) is 12.8 Å². The lowest BCUT2D eigenvalue weighted by atomic mass is 9.89.